The second-order valence-corrected chi connectivity index (χ2v) is 8.85. The van der Waals surface area contributed by atoms with E-state index >= 15 is 0 Å². The number of aliphatic hydroxyl groups excluding tert-OH is 1. The first-order valence-corrected chi connectivity index (χ1v) is 11.8. The zero-order valence-corrected chi connectivity index (χ0v) is 19.5. The largest absolute Gasteiger partial charge is 0.493 e. The number of carbonyl (C=O) groups is 1. The van der Waals surface area contributed by atoms with Gasteiger partial charge < -0.3 is 24.6 Å². The molecule has 3 rings (SSSR count). The molecule has 10 heteroatoms. The number of rotatable bonds is 11. The summed E-state index contributed by atoms with van der Waals surface area (Å²) in [5, 5.41) is 12.9. The Morgan fingerprint density at radius 2 is 1.59 bits per heavy atom. The van der Waals surface area contributed by atoms with E-state index < -0.39 is 22.0 Å². The zero-order chi connectivity index (χ0) is 24.6. The highest BCUT2D eigenvalue weighted by Crippen LogP contribution is 2.36. The molecule has 0 aliphatic rings. The van der Waals surface area contributed by atoms with E-state index in [-0.39, 0.29) is 29.3 Å². The van der Waals surface area contributed by atoms with Crippen LogP contribution in [0, 0.1) is 0 Å². The van der Waals surface area contributed by atoms with Crippen molar-refractivity contribution in [3.05, 3.63) is 78.4 Å². The summed E-state index contributed by atoms with van der Waals surface area (Å²) >= 11 is 0. The number of ether oxygens (including phenoxy) is 3. The van der Waals surface area contributed by atoms with Crippen LogP contribution in [-0.4, -0.2) is 52.9 Å². The fourth-order valence-electron chi connectivity index (χ4n) is 3.05. The van der Waals surface area contributed by atoms with Crippen LogP contribution in [0.2, 0.25) is 0 Å². The van der Waals surface area contributed by atoms with Gasteiger partial charge in [0.2, 0.25) is 5.75 Å². The third-order valence-corrected chi connectivity index (χ3v) is 6.13. The number of carbonyl (C=O) groups excluding carboxylic acids is 1. The van der Waals surface area contributed by atoms with Gasteiger partial charge in [-0.05, 0) is 42.5 Å². The molecular weight excluding hydrogens is 460 g/mol. The lowest BCUT2D eigenvalue weighted by molar-refractivity contribution is 0.0833. The highest BCUT2D eigenvalue weighted by atomic mass is 32.2. The topological polar surface area (TPSA) is 123 Å². The number of anilines is 1. The monoisotopic (exact) mass is 486 g/mol. The molecule has 0 aliphatic heterocycles. The number of para-hydroxylation sites is 1. The number of aliphatic hydroxyl groups is 1. The number of benzene rings is 3. The number of sulfonamides is 1. The SMILES string of the molecule is COc1cccc(OC)c1OCC(O)CNC(=O)c1cccc(NS(=O)(=O)c2ccccc2)c1. The quantitative estimate of drug-likeness (QED) is 0.381. The second kappa shape index (κ2) is 11.4. The van der Waals surface area contributed by atoms with Crippen molar-refractivity contribution in [1.82, 2.24) is 5.32 Å². The number of hydrogen-bond donors (Lipinski definition) is 3. The predicted octanol–water partition coefficient (Wildman–Crippen LogP) is 2.67. The normalized spacial score (nSPS) is 11.9. The molecule has 0 radical (unpaired) electrons. The van der Waals surface area contributed by atoms with Crippen molar-refractivity contribution in [3.8, 4) is 17.2 Å². The Balaban J connectivity index is 1.57. The Bertz CT molecular complexity index is 1190. The summed E-state index contributed by atoms with van der Waals surface area (Å²) in [6.07, 6.45) is -1.02. The van der Waals surface area contributed by atoms with Gasteiger partial charge in [-0.1, -0.05) is 30.3 Å². The average Bonchev–Trinajstić information content (AvgIpc) is 2.86. The smallest absolute Gasteiger partial charge is 0.261 e. The number of nitrogens with one attached hydrogen (secondary N) is 2. The van der Waals surface area contributed by atoms with Gasteiger partial charge in [-0.3, -0.25) is 9.52 Å². The van der Waals surface area contributed by atoms with Crippen molar-refractivity contribution in [2.45, 2.75) is 11.0 Å². The maximum absolute atomic E-state index is 12.5. The van der Waals surface area contributed by atoms with E-state index in [1.807, 2.05) is 0 Å². The van der Waals surface area contributed by atoms with Crippen molar-refractivity contribution in [2.24, 2.45) is 0 Å². The highest BCUT2D eigenvalue weighted by Gasteiger charge is 2.17. The molecule has 0 saturated heterocycles. The van der Waals surface area contributed by atoms with Crippen molar-refractivity contribution in [1.29, 1.82) is 0 Å². The lowest BCUT2D eigenvalue weighted by atomic mass is 10.2. The van der Waals surface area contributed by atoms with Gasteiger partial charge in [0.1, 0.15) is 12.7 Å². The summed E-state index contributed by atoms with van der Waals surface area (Å²) < 4.78 is 43.6. The molecule has 180 valence electrons. The van der Waals surface area contributed by atoms with E-state index in [1.54, 1.807) is 48.5 Å². The Morgan fingerprint density at radius 3 is 2.24 bits per heavy atom. The fraction of sp³-hybridized carbons (Fsp3) is 0.208. The minimum atomic E-state index is -3.79. The van der Waals surface area contributed by atoms with Crippen LogP contribution in [0.25, 0.3) is 0 Å². The van der Waals surface area contributed by atoms with Gasteiger partial charge >= 0.3 is 0 Å². The molecule has 0 bridgehead atoms. The van der Waals surface area contributed by atoms with Crippen LogP contribution in [0.4, 0.5) is 5.69 Å². The van der Waals surface area contributed by atoms with E-state index in [9.17, 15) is 18.3 Å². The Kier molecular flexibility index (Phi) is 8.34. The van der Waals surface area contributed by atoms with E-state index in [0.717, 1.165) is 0 Å². The Labute approximate surface area is 198 Å². The molecule has 3 aromatic rings. The van der Waals surface area contributed by atoms with Gasteiger partial charge in [-0.15, -0.1) is 0 Å². The van der Waals surface area contributed by atoms with Crippen LogP contribution in [0.1, 0.15) is 10.4 Å². The molecule has 0 aromatic heterocycles. The molecule has 9 nitrogen and oxygen atoms in total. The molecule has 0 saturated carbocycles. The number of methoxy groups -OCH3 is 2. The van der Waals surface area contributed by atoms with Gasteiger partial charge in [-0.2, -0.15) is 0 Å². The third-order valence-electron chi connectivity index (χ3n) is 4.73. The van der Waals surface area contributed by atoms with Crippen LogP contribution in [0.15, 0.2) is 77.7 Å². The first kappa shape index (κ1) is 24.9. The molecule has 1 unspecified atom stereocenters. The Morgan fingerprint density at radius 1 is 0.941 bits per heavy atom. The van der Waals surface area contributed by atoms with Crippen molar-refractivity contribution in [2.75, 3.05) is 32.1 Å². The summed E-state index contributed by atoms with van der Waals surface area (Å²) in [4.78, 5) is 12.6. The molecule has 0 fully saturated rings. The second-order valence-electron chi connectivity index (χ2n) is 7.17. The standard InChI is InChI=1S/C24H26N2O7S/c1-31-21-12-7-13-22(32-2)23(21)33-16-19(27)15-25-24(28)17-8-6-9-18(14-17)26-34(29,30)20-10-4-3-5-11-20/h3-14,19,26-27H,15-16H2,1-2H3,(H,25,28). The minimum Gasteiger partial charge on any atom is -0.493 e. The van der Waals surface area contributed by atoms with Crippen LogP contribution in [0.3, 0.4) is 0 Å². The van der Waals surface area contributed by atoms with Gasteiger partial charge in [0.25, 0.3) is 15.9 Å². The molecule has 0 heterocycles. The molecule has 1 amide bonds. The summed E-state index contributed by atoms with van der Waals surface area (Å²) in [6.45, 7) is -0.204. The number of amides is 1. The summed E-state index contributed by atoms with van der Waals surface area (Å²) in [5.74, 6) is 0.765. The van der Waals surface area contributed by atoms with Crippen molar-refractivity contribution >= 4 is 21.6 Å². The van der Waals surface area contributed by atoms with Gasteiger partial charge in [-0.25, -0.2) is 8.42 Å². The van der Waals surface area contributed by atoms with Gasteiger partial charge in [0, 0.05) is 17.8 Å². The Hall–Kier alpha value is -3.76. The first-order valence-electron chi connectivity index (χ1n) is 10.3. The average molecular weight is 487 g/mol. The van der Waals surface area contributed by atoms with Crippen LogP contribution in [-0.2, 0) is 10.0 Å². The molecule has 1 atom stereocenters. The van der Waals surface area contributed by atoms with Crippen LogP contribution >= 0.6 is 0 Å². The van der Waals surface area contributed by atoms with Gasteiger partial charge in [0.15, 0.2) is 11.5 Å². The van der Waals surface area contributed by atoms with E-state index in [4.69, 9.17) is 14.2 Å². The first-order chi connectivity index (χ1) is 16.3. The number of hydrogen-bond acceptors (Lipinski definition) is 7. The lowest BCUT2D eigenvalue weighted by Crippen LogP contribution is -2.35. The minimum absolute atomic E-state index is 0.0870. The van der Waals surface area contributed by atoms with Gasteiger partial charge in [0.05, 0.1) is 19.1 Å². The molecule has 3 N–H and O–H groups in total. The molecular formula is C24H26N2O7S. The summed E-state index contributed by atoms with van der Waals surface area (Å²) in [7, 11) is -0.801. The lowest BCUT2D eigenvalue weighted by Gasteiger charge is -2.17. The molecule has 3 aromatic carbocycles. The zero-order valence-electron chi connectivity index (χ0n) is 18.7. The molecule has 0 spiro atoms. The highest BCUT2D eigenvalue weighted by molar-refractivity contribution is 7.92. The maximum Gasteiger partial charge on any atom is 0.261 e. The summed E-state index contributed by atoms with van der Waals surface area (Å²) in [5.41, 5.74) is 0.469. The van der Waals surface area contributed by atoms with Crippen molar-refractivity contribution in [3.63, 3.8) is 0 Å². The fourth-order valence-corrected chi connectivity index (χ4v) is 4.12. The van der Waals surface area contributed by atoms with E-state index in [0.29, 0.717) is 17.2 Å². The summed E-state index contributed by atoms with van der Waals surface area (Å²) in [6, 6.07) is 19.1. The maximum atomic E-state index is 12.5. The van der Waals surface area contributed by atoms with Crippen molar-refractivity contribution < 1.29 is 32.5 Å². The molecule has 0 aliphatic carbocycles. The third kappa shape index (κ3) is 6.40. The van der Waals surface area contributed by atoms with E-state index in [2.05, 4.69) is 10.0 Å². The van der Waals surface area contributed by atoms with E-state index in [1.165, 1.54) is 38.5 Å². The van der Waals surface area contributed by atoms with Crippen LogP contribution < -0.4 is 24.2 Å². The molecule has 34 heavy (non-hydrogen) atoms. The predicted molar refractivity (Wildman–Crippen MR) is 127 cm³/mol. The van der Waals surface area contributed by atoms with Crippen LogP contribution in [0.5, 0.6) is 17.2 Å².